The molecule has 1 saturated carbocycles. The maximum absolute atomic E-state index is 12.2. The Morgan fingerprint density at radius 3 is 2.74 bits per heavy atom. The smallest absolute Gasteiger partial charge is 0.305 e. The highest BCUT2D eigenvalue weighted by Crippen LogP contribution is 2.33. The third-order valence-corrected chi connectivity index (χ3v) is 3.03. The third kappa shape index (κ3) is 3.32. The highest BCUT2D eigenvalue weighted by Gasteiger charge is 2.34. The van der Waals surface area contributed by atoms with Crippen LogP contribution in [-0.2, 0) is 9.59 Å². The standard InChI is InChI=1S/C14H14N2O3/c15-9-10-2-1-3-12(8-10)16(7-6-13(17)18)14(19)11-4-5-11/h1-3,8,11H,4-7H2,(H,17,18). The predicted molar refractivity (Wildman–Crippen MR) is 68.5 cm³/mol. The van der Waals surface area contributed by atoms with Gasteiger partial charge < -0.3 is 10.0 Å². The van der Waals surface area contributed by atoms with Crippen molar-refractivity contribution in [3.05, 3.63) is 29.8 Å². The van der Waals surface area contributed by atoms with Crippen LogP contribution >= 0.6 is 0 Å². The molecule has 5 nitrogen and oxygen atoms in total. The van der Waals surface area contributed by atoms with Crippen molar-refractivity contribution in [2.24, 2.45) is 5.92 Å². The Labute approximate surface area is 111 Å². The lowest BCUT2D eigenvalue weighted by molar-refractivity contribution is -0.136. The van der Waals surface area contributed by atoms with E-state index in [2.05, 4.69) is 0 Å². The summed E-state index contributed by atoms with van der Waals surface area (Å²) in [7, 11) is 0. The number of carboxylic acid groups (broad SMARTS) is 1. The van der Waals surface area contributed by atoms with Crippen molar-refractivity contribution in [2.45, 2.75) is 19.3 Å². The average Bonchev–Trinajstić information content (AvgIpc) is 3.23. The Morgan fingerprint density at radius 1 is 1.42 bits per heavy atom. The molecule has 0 aromatic heterocycles. The van der Waals surface area contributed by atoms with Gasteiger partial charge in [-0.05, 0) is 31.0 Å². The molecular formula is C14H14N2O3. The quantitative estimate of drug-likeness (QED) is 0.872. The molecule has 0 aliphatic heterocycles. The number of carboxylic acids is 1. The summed E-state index contributed by atoms with van der Waals surface area (Å²) in [5.41, 5.74) is 1.05. The lowest BCUT2D eigenvalue weighted by Gasteiger charge is -2.22. The van der Waals surface area contributed by atoms with Gasteiger partial charge in [0.2, 0.25) is 5.91 Å². The van der Waals surface area contributed by atoms with E-state index in [-0.39, 0.29) is 24.8 Å². The SMILES string of the molecule is N#Cc1cccc(N(CCC(=O)O)C(=O)C2CC2)c1. The topological polar surface area (TPSA) is 81.4 Å². The number of hydrogen-bond donors (Lipinski definition) is 1. The van der Waals surface area contributed by atoms with Crippen molar-refractivity contribution >= 4 is 17.6 Å². The number of nitriles is 1. The zero-order valence-electron chi connectivity index (χ0n) is 10.4. The summed E-state index contributed by atoms with van der Waals surface area (Å²) in [6.45, 7) is 0.138. The van der Waals surface area contributed by atoms with Crippen LogP contribution < -0.4 is 4.90 Å². The first-order valence-electron chi connectivity index (χ1n) is 6.15. The predicted octanol–water partition coefficient (Wildman–Crippen LogP) is 1.78. The number of amides is 1. The largest absolute Gasteiger partial charge is 0.481 e. The van der Waals surface area contributed by atoms with Gasteiger partial charge in [0.1, 0.15) is 0 Å². The van der Waals surface area contributed by atoms with E-state index < -0.39 is 5.97 Å². The van der Waals surface area contributed by atoms with Gasteiger partial charge in [-0.2, -0.15) is 5.26 Å². The fourth-order valence-electron chi connectivity index (χ4n) is 1.87. The minimum Gasteiger partial charge on any atom is -0.481 e. The van der Waals surface area contributed by atoms with Gasteiger partial charge in [0.25, 0.3) is 0 Å². The molecule has 1 N–H and O–H groups in total. The highest BCUT2D eigenvalue weighted by atomic mass is 16.4. The van der Waals surface area contributed by atoms with Crippen LogP contribution in [0.4, 0.5) is 5.69 Å². The molecule has 1 aromatic rings. The summed E-state index contributed by atoms with van der Waals surface area (Å²) in [5.74, 6) is -0.971. The average molecular weight is 258 g/mol. The molecule has 0 saturated heterocycles. The lowest BCUT2D eigenvalue weighted by atomic mass is 10.2. The van der Waals surface area contributed by atoms with Crippen LogP contribution in [0.2, 0.25) is 0 Å². The van der Waals surface area contributed by atoms with Crippen molar-refractivity contribution in [1.82, 2.24) is 0 Å². The van der Waals surface area contributed by atoms with Crippen LogP contribution in [0.1, 0.15) is 24.8 Å². The molecule has 1 amide bonds. The number of carbonyl (C=O) groups is 2. The molecule has 0 bridgehead atoms. The fourth-order valence-corrected chi connectivity index (χ4v) is 1.87. The maximum Gasteiger partial charge on any atom is 0.305 e. The Balaban J connectivity index is 2.22. The molecule has 1 aromatic carbocycles. The number of carbonyl (C=O) groups excluding carboxylic acids is 1. The number of nitrogens with zero attached hydrogens (tertiary/aromatic N) is 2. The number of hydrogen-bond acceptors (Lipinski definition) is 3. The maximum atomic E-state index is 12.2. The van der Waals surface area contributed by atoms with E-state index in [1.54, 1.807) is 24.3 Å². The van der Waals surface area contributed by atoms with E-state index >= 15 is 0 Å². The molecule has 1 aliphatic carbocycles. The summed E-state index contributed by atoms with van der Waals surface area (Å²) >= 11 is 0. The summed E-state index contributed by atoms with van der Waals surface area (Å²) in [5, 5.41) is 17.6. The van der Waals surface area contributed by atoms with Crippen LogP contribution in [0.25, 0.3) is 0 Å². The van der Waals surface area contributed by atoms with E-state index in [9.17, 15) is 9.59 Å². The molecule has 19 heavy (non-hydrogen) atoms. The van der Waals surface area contributed by atoms with Crippen LogP contribution in [-0.4, -0.2) is 23.5 Å². The third-order valence-electron chi connectivity index (χ3n) is 3.03. The van der Waals surface area contributed by atoms with Gasteiger partial charge in [0, 0.05) is 18.2 Å². The summed E-state index contributed by atoms with van der Waals surface area (Å²) in [4.78, 5) is 24.3. The van der Waals surface area contributed by atoms with Crippen LogP contribution in [0, 0.1) is 17.2 Å². The molecule has 2 rings (SSSR count). The van der Waals surface area contributed by atoms with E-state index in [0.717, 1.165) is 12.8 Å². The number of rotatable bonds is 5. The van der Waals surface area contributed by atoms with Gasteiger partial charge in [-0.15, -0.1) is 0 Å². The first kappa shape index (κ1) is 13.1. The van der Waals surface area contributed by atoms with E-state index in [4.69, 9.17) is 10.4 Å². The molecule has 5 heteroatoms. The first-order chi connectivity index (χ1) is 9.11. The van der Waals surface area contributed by atoms with E-state index in [0.29, 0.717) is 11.3 Å². The van der Waals surface area contributed by atoms with Gasteiger partial charge in [-0.1, -0.05) is 6.07 Å². The fraction of sp³-hybridized carbons (Fsp3) is 0.357. The first-order valence-corrected chi connectivity index (χ1v) is 6.15. The molecular weight excluding hydrogens is 244 g/mol. The molecule has 98 valence electrons. The summed E-state index contributed by atoms with van der Waals surface area (Å²) < 4.78 is 0. The summed E-state index contributed by atoms with van der Waals surface area (Å²) in [6, 6.07) is 8.70. The number of anilines is 1. The minimum atomic E-state index is -0.940. The summed E-state index contributed by atoms with van der Waals surface area (Å²) in [6.07, 6.45) is 1.62. The Bertz CT molecular complexity index is 544. The zero-order valence-corrected chi connectivity index (χ0v) is 10.4. The zero-order chi connectivity index (χ0) is 13.8. The Morgan fingerprint density at radius 2 is 2.16 bits per heavy atom. The van der Waals surface area contributed by atoms with Crippen molar-refractivity contribution in [2.75, 3.05) is 11.4 Å². The second-order valence-corrected chi connectivity index (χ2v) is 4.57. The minimum absolute atomic E-state index is 0.0135. The lowest BCUT2D eigenvalue weighted by Crippen LogP contribution is -2.34. The van der Waals surface area contributed by atoms with Crippen molar-refractivity contribution in [3.8, 4) is 6.07 Å². The van der Waals surface area contributed by atoms with E-state index in [1.807, 2.05) is 6.07 Å². The molecule has 1 fully saturated rings. The molecule has 0 radical (unpaired) electrons. The molecule has 0 heterocycles. The van der Waals surface area contributed by atoms with Gasteiger partial charge in [0.15, 0.2) is 0 Å². The van der Waals surface area contributed by atoms with Crippen LogP contribution in [0.3, 0.4) is 0 Å². The second kappa shape index (κ2) is 5.53. The molecule has 0 spiro atoms. The second-order valence-electron chi connectivity index (χ2n) is 4.57. The highest BCUT2D eigenvalue weighted by molar-refractivity contribution is 5.97. The Kier molecular flexibility index (Phi) is 3.81. The van der Waals surface area contributed by atoms with Gasteiger partial charge in [0.05, 0.1) is 18.1 Å². The van der Waals surface area contributed by atoms with Gasteiger partial charge >= 0.3 is 5.97 Å². The van der Waals surface area contributed by atoms with Crippen LogP contribution in [0.5, 0.6) is 0 Å². The van der Waals surface area contributed by atoms with Gasteiger partial charge in [-0.3, -0.25) is 9.59 Å². The monoisotopic (exact) mass is 258 g/mol. The van der Waals surface area contributed by atoms with Crippen molar-refractivity contribution < 1.29 is 14.7 Å². The Hall–Kier alpha value is -2.35. The normalized spacial score (nSPS) is 13.6. The van der Waals surface area contributed by atoms with Crippen molar-refractivity contribution in [3.63, 3.8) is 0 Å². The number of benzene rings is 1. The molecule has 0 unspecified atom stereocenters. The van der Waals surface area contributed by atoms with Crippen molar-refractivity contribution in [1.29, 1.82) is 5.26 Å². The molecule has 0 atom stereocenters. The molecule has 1 aliphatic rings. The van der Waals surface area contributed by atoms with E-state index in [1.165, 1.54) is 4.90 Å². The number of aliphatic carboxylic acids is 1. The van der Waals surface area contributed by atoms with Crippen LogP contribution in [0.15, 0.2) is 24.3 Å². The van der Waals surface area contributed by atoms with Gasteiger partial charge in [-0.25, -0.2) is 0 Å².